The minimum atomic E-state index is -0.322. The molecule has 0 spiro atoms. The molecular formula is C14H21FN2O. The number of phenolic OH excluding ortho intramolecular Hbond substituents is 1. The number of halogens is 1. The van der Waals surface area contributed by atoms with E-state index in [-0.39, 0.29) is 17.6 Å². The monoisotopic (exact) mass is 252 g/mol. The van der Waals surface area contributed by atoms with Gasteiger partial charge in [-0.05, 0) is 39.4 Å². The van der Waals surface area contributed by atoms with Crippen LogP contribution in [0.15, 0.2) is 18.2 Å². The maximum absolute atomic E-state index is 13.9. The van der Waals surface area contributed by atoms with Crippen molar-refractivity contribution in [3.63, 3.8) is 0 Å². The number of hydrogen-bond acceptors (Lipinski definition) is 3. The van der Waals surface area contributed by atoms with Crippen LogP contribution in [-0.2, 0) is 0 Å². The van der Waals surface area contributed by atoms with Crippen LogP contribution >= 0.6 is 0 Å². The first-order valence-electron chi connectivity index (χ1n) is 6.52. The van der Waals surface area contributed by atoms with Gasteiger partial charge in [0, 0.05) is 30.3 Å². The highest BCUT2D eigenvalue weighted by Gasteiger charge is 2.29. The quantitative estimate of drug-likeness (QED) is 0.863. The van der Waals surface area contributed by atoms with Crippen molar-refractivity contribution in [2.24, 2.45) is 0 Å². The molecule has 2 N–H and O–H groups in total. The molecule has 0 aromatic heterocycles. The second kappa shape index (κ2) is 5.67. The molecule has 1 aromatic rings. The summed E-state index contributed by atoms with van der Waals surface area (Å²) in [6.07, 6.45) is 2.32. The average Bonchev–Trinajstić information content (AvgIpc) is 2.77. The van der Waals surface area contributed by atoms with E-state index in [1.807, 2.05) is 14.0 Å². The highest BCUT2D eigenvalue weighted by molar-refractivity contribution is 5.29. The zero-order valence-electron chi connectivity index (χ0n) is 11.0. The molecule has 1 saturated heterocycles. The second-order valence-corrected chi connectivity index (χ2v) is 4.97. The Hall–Kier alpha value is -1.13. The van der Waals surface area contributed by atoms with Gasteiger partial charge >= 0.3 is 0 Å². The number of hydrogen-bond donors (Lipinski definition) is 2. The molecule has 1 aromatic carbocycles. The Labute approximate surface area is 108 Å². The summed E-state index contributed by atoms with van der Waals surface area (Å²) in [7, 11) is 1.95. The van der Waals surface area contributed by atoms with Crippen molar-refractivity contribution in [2.75, 3.05) is 20.1 Å². The van der Waals surface area contributed by atoms with Crippen LogP contribution in [0.1, 0.15) is 31.4 Å². The van der Waals surface area contributed by atoms with Crippen LogP contribution in [0.4, 0.5) is 4.39 Å². The van der Waals surface area contributed by atoms with E-state index < -0.39 is 0 Å². The number of phenols is 1. The van der Waals surface area contributed by atoms with Gasteiger partial charge in [0.1, 0.15) is 11.6 Å². The average molecular weight is 252 g/mol. The van der Waals surface area contributed by atoms with Gasteiger partial charge in [-0.3, -0.25) is 4.90 Å². The van der Waals surface area contributed by atoms with Crippen molar-refractivity contribution in [1.82, 2.24) is 10.2 Å². The Morgan fingerprint density at radius 2 is 2.33 bits per heavy atom. The lowest BCUT2D eigenvalue weighted by Gasteiger charge is -2.31. The molecule has 0 aliphatic carbocycles. The van der Waals surface area contributed by atoms with Gasteiger partial charge < -0.3 is 10.4 Å². The van der Waals surface area contributed by atoms with Gasteiger partial charge in [-0.25, -0.2) is 4.39 Å². The van der Waals surface area contributed by atoms with Crippen molar-refractivity contribution >= 4 is 0 Å². The van der Waals surface area contributed by atoms with E-state index >= 15 is 0 Å². The van der Waals surface area contributed by atoms with Gasteiger partial charge in [-0.15, -0.1) is 0 Å². The number of likely N-dealkylation sites (N-methyl/N-ethyl adjacent to an activating group) is 1. The van der Waals surface area contributed by atoms with E-state index in [2.05, 4.69) is 10.2 Å². The Balaban J connectivity index is 2.17. The first-order valence-corrected chi connectivity index (χ1v) is 6.52. The van der Waals surface area contributed by atoms with Crippen LogP contribution in [0.5, 0.6) is 5.75 Å². The third-order valence-electron chi connectivity index (χ3n) is 3.79. The first-order chi connectivity index (χ1) is 8.63. The summed E-state index contributed by atoms with van der Waals surface area (Å²) in [4.78, 5) is 2.34. The summed E-state index contributed by atoms with van der Waals surface area (Å²) in [5.41, 5.74) is 0.663. The van der Waals surface area contributed by atoms with Gasteiger partial charge in [0.05, 0.1) is 0 Å². The van der Waals surface area contributed by atoms with Gasteiger partial charge in [0.15, 0.2) is 0 Å². The first kappa shape index (κ1) is 13.3. The molecule has 3 nitrogen and oxygen atoms in total. The number of rotatable bonds is 4. The lowest BCUT2D eigenvalue weighted by molar-refractivity contribution is 0.187. The number of benzene rings is 1. The molecule has 18 heavy (non-hydrogen) atoms. The normalized spacial score (nSPS) is 22.3. The van der Waals surface area contributed by atoms with Crippen LogP contribution in [0.3, 0.4) is 0 Å². The van der Waals surface area contributed by atoms with Crippen LogP contribution in [0.2, 0.25) is 0 Å². The minimum Gasteiger partial charge on any atom is -0.508 e. The molecule has 1 aliphatic rings. The molecule has 100 valence electrons. The van der Waals surface area contributed by atoms with Gasteiger partial charge in [0.2, 0.25) is 0 Å². The predicted octanol–water partition coefficient (Wildman–Crippen LogP) is 2.28. The molecule has 1 heterocycles. The van der Waals surface area contributed by atoms with Crippen molar-refractivity contribution in [3.8, 4) is 5.75 Å². The topological polar surface area (TPSA) is 35.5 Å². The maximum Gasteiger partial charge on any atom is 0.131 e. The lowest BCUT2D eigenvalue weighted by atomic mass is 10.0. The Kier molecular flexibility index (Phi) is 4.19. The lowest BCUT2D eigenvalue weighted by Crippen LogP contribution is -2.38. The van der Waals surface area contributed by atoms with Gasteiger partial charge in [-0.1, -0.05) is 6.07 Å². The minimum absolute atomic E-state index is 0.0170. The van der Waals surface area contributed by atoms with Crippen molar-refractivity contribution in [2.45, 2.75) is 31.8 Å². The Morgan fingerprint density at radius 3 is 3.00 bits per heavy atom. The molecule has 4 heteroatoms. The standard InChI is InChI=1S/C14H21FN2O/c1-10(13-6-5-12(18)8-14(13)15)17-7-3-4-11(17)9-16-2/h5-6,8,10-11,16,18H,3-4,7,9H2,1-2H3. The van der Waals surface area contributed by atoms with Crippen LogP contribution in [0.25, 0.3) is 0 Å². The highest BCUT2D eigenvalue weighted by atomic mass is 19.1. The zero-order chi connectivity index (χ0) is 13.1. The van der Waals surface area contributed by atoms with Crippen molar-refractivity contribution < 1.29 is 9.50 Å². The number of aromatic hydroxyl groups is 1. The smallest absolute Gasteiger partial charge is 0.131 e. The molecule has 0 bridgehead atoms. The van der Waals surface area contributed by atoms with E-state index in [1.54, 1.807) is 12.1 Å². The van der Waals surface area contributed by atoms with E-state index in [4.69, 9.17) is 0 Å². The van der Waals surface area contributed by atoms with Gasteiger partial charge in [0.25, 0.3) is 0 Å². The number of nitrogens with one attached hydrogen (secondary N) is 1. The van der Waals surface area contributed by atoms with Crippen molar-refractivity contribution in [3.05, 3.63) is 29.6 Å². The Morgan fingerprint density at radius 1 is 1.56 bits per heavy atom. The summed E-state index contributed by atoms with van der Waals surface area (Å²) in [5.74, 6) is -0.339. The SMILES string of the molecule is CNCC1CCCN1C(C)c1ccc(O)cc1F. The molecule has 0 radical (unpaired) electrons. The molecule has 1 aliphatic heterocycles. The van der Waals surface area contributed by atoms with E-state index in [1.165, 1.54) is 6.07 Å². The van der Waals surface area contributed by atoms with Crippen LogP contribution < -0.4 is 5.32 Å². The highest BCUT2D eigenvalue weighted by Crippen LogP contribution is 2.31. The van der Waals surface area contributed by atoms with Crippen LogP contribution in [-0.4, -0.2) is 36.2 Å². The Bertz CT molecular complexity index is 411. The molecule has 2 unspecified atom stereocenters. The third kappa shape index (κ3) is 2.65. The van der Waals surface area contributed by atoms with Gasteiger partial charge in [-0.2, -0.15) is 0 Å². The fourth-order valence-electron chi connectivity index (χ4n) is 2.86. The van der Waals surface area contributed by atoms with E-state index in [9.17, 15) is 9.50 Å². The molecular weight excluding hydrogens is 231 g/mol. The molecule has 0 saturated carbocycles. The molecule has 0 amide bonds. The van der Waals surface area contributed by atoms with E-state index in [0.717, 1.165) is 25.9 Å². The summed E-state index contributed by atoms with van der Waals surface area (Å²) in [6.45, 7) is 3.97. The molecule has 2 rings (SSSR count). The molecule has 1 fully saturated rings. The van der Waals surface area contributed by atoms with Crippen LogP contribution in [0, 0.1) is 5.82 Å². The fourth-order valence-corrected chi connectivity index (χ4v) is 2.86. The molecule has 2 atom stereocenters. The second-order valence-electron chi connectivity index (χ2n) is 4.97. The summed E-state index contributed by atoms with van der Waals surface area (Å²) in [6, 6.07) is 4.95. The summed E-state index contributed by atoms with van der Waals surface area (Å²) in [5, 5.41) is 12.5. The fraction of sp³-hybridized carbons (Fsp3) is 0.571. The van der Waals surface area contributed by atoms with Crippen molar-refractivity contribution in [1.29, 1.82) is 0 Å². The summed E-state index contributed by atoms with van der Waals surface area (Å²) >= 11 is 0. The largest absolute Gasteiger partial charge is 0.508 e. The number of nitrogens with zero attached hydrogens (tertiary/aromatic N) is 1. The third-order valence-corrected chi connectivity index (χ3v) is 3.79. The number of likely N-dealkylation sites (tertiary alicyclic amines) is 1. The predicted molar refractivity (Wildman–Crippen MR) is 70.1 cm³/mol. The van der Waals surface area contributed by atoms with E-state index in [0.29, 0.717) is 11.6 Å². The summed E-state index contributed by atoms with van der Waals surface area (Å²) < 4.78 is 13.9. The maximum atomic E-state index is 13.9. The zero-order valence-corrected chi connectivity index (χ0v) is 11.0.